The topological polar surface area (TPSA) is 89.4 Å². The molecule has 0 fully saturated rings. The van der Waals surface area contributed by atoms with Crippen molar-refractivity contribution in [1.82, 2.24) is 10.1 Å². The zero-order chi connectivity index (χ0) is 15.2. The average molecular weight is 287 g/mol. The van der Waals surface area contributed by atoms with E-state index in [4.69, 9.17) is 10.3 Å². The van der Waals surface area contributed by atoms with E-state index in [1.807, 2.05) is 30.3 Å². The summed E-state index contributed by atoms with van der Waals surface area (Å²) < 4.78 is 4.99. The Morgan fingerprint density at radius 3 is 2.57 bits per heavy atom. The summed E-state index contributed by atoms with van der Waals surface area (Å²) in [6.45, 7) is 2.36. The molecule has 0 unspecified atom stereocenters. The van der Waals surface area contributed by atoms with Gasteiger partial charge in [-0.05, 0) is 12.5 Å². The molecule has 0 aliphatic rings. The number of carbonyl (C=O) groups excluding carboxylic acids is 2. The average Bonchev–Trinajstić information content (AvgIpc) is 2.90. The molecular weight excluding hydrogens is 270 g/mol. The summed E-state index contributed by atoms with van der Waals surface area (Å²) in [5, 5.41) is 3.71. The minimum atomic E-state index is -0.449. The van der Waals surface area contributed by atoms with Crippen LogP contribution in [0.1, 0.15) is 28.2 Å². The van der Waals surface area contributed by atoms with Gasteiger partial charge in [0.1, 0.15) is 0 Å². The number of nitrogens with two attached hydrogens (primary N) is 1. The maximum Gasteiger partial charge on any atom is 0.292 e. The molecule has 6 heteroatoms. The highest BCUT2D eigenvalue weighted by Gasteiger charge is 2.20. The highest BCUT2D eigenvalue weighted by atomic mass is 16.5. The smallest absolute Gasteiger partial charge is 0.292 e. The van der Waals surface area contributed by atoms with Gasteiger partial charge in [-0.2, -0.15) is 0 Å². The van der Waals surface area contributed by atoms with Crippen LogP contribution in [0.4, 0.5) is 0 Å². The molecule has 0 radical (unpaired) electrons. The van der Waals surface area contributed by atoms with Crippen LogP contribution in [0, 0.1) is 6.92 Å². The first-order valence-corrected chi connectivity index (χ1v) is 6.61. The first-order valence-electron chi connectivity index (χ1n) is 6.61. The molecule has 6 nitrogen and oxygen atoms in total. The molecule has 2 amide bonds. The Bertz CT molecular complexity index is 622. The van der Waals surface area contributed by atoms with E-state index in [9.17, 15) is 9.59 Å². The molecule has 0 spiro atoms. The fraction of sp³-hybridized carbons (Fsp3) is 0.267. The number of nitrogens with zero attached hydrogens (tertiary/aromatic N) is 2. The number of carbonyl (C=O) groups is 2. The van der Waals surface area contributed by atoms with Gasteiger partial charge in [-0.15, -0.1) is 0 Å². The van der Waals surface area contributed by atoms with Crippen LogP contribution in [0.15, 0.2) is 40.9 Å². The number of hydrogen-bond donors (Lipinski definition) is 1. The van der Waals surface area contributed by atoms with Gasteiger partial charge in [-0.3, -0.25) is 9.59 Å². The Hall–Kier alpha value is -2.63. The number of hydrogen-bond acceptors (Lipinski definition) is 4. The maximum absolute atomic E-state index is 12.4. The van der Waals surface area contributed by atoms with Crippen LogP contribution in [-0.4, -0.2) is 28.4 Å². The van der Waals surface area contributed by atoms with Crippen LogP contribution in [0.2, 0.25) is 0 Å². The second-order valence-corrected chi connectivity index (χ2v) is 4.76. The van der Waals surface area contributed by atoms with Gasteiger partial charge in [0, 0.05) is 25.6 Å². The quantitative estimate of drug-likeness (QED) is 0.871. The molecule has 0 aliphatic carbocycles. The monoisotopic (exact) mass is 287 g/mol. The molecule has 2 N–H and O–H groups in total. The van der Waals surface area contributed by atoms with Crippen LogP contribution in [0.25, 0.3) is 0 Å². The molecule has 0 aliphatic heterocycles. The van der Waals surface area contributed by atoms with Crippen LogP contribution in [0.3, 0.4) is 0 Å². The van der Waals surface area contributed by atoms with Gasteiger partial charge >= 0.3 is 0 Å². The van der Waals surface area contributed by atoms with Crippen molar-refractivity contribution < 1.29 is 14.1 Å². The van der Waals surface area contributed by atoms with Gasteiger partial charge in [0.05, 0.1) is 5.69 Å². The van der Waals surface area contributed by atoms with Crippen molar-refractivity contribution in [2.45, 2.75) is 19.9 Å². The molecule has 1 heterocycles. The zero-order valence-corrected chi connectivity index (χ0v) is 11.8. The Kier molecular flexibility index (Phi) is 4.71. The molecular formula is C15H17N3O3. The van der Waals surface area contributed by atoms with Crippen LogP contribution >= 0.6 is 0 Å². The predicted molar refractivity (Wildman–Crippen MR) is 76.2 cm³/mol. The van der Waals surface area contributed by atoms with Gasteiger partial charge in [0.25, 0.3) is 5.91 Å². The lowest BCUT2D eigenvalue weighted by molar-refractivity contribution is -0.118. The van der Waals surface area contributed by atoms with Crippen molar-refractivity contribution in [3.63, 3.8) is 0 Å². The van der Waals surface area contributed by atoms with Crippen LogP contribution in [-0.2, 0) is 11.3 Å². The second kappa shape index (κ2) is 6.69. The lowest BCUT2D eigenvalue weighted by Gasteiger charge is -2.20. The first kappa shape index (κ1) is 14.8. The van der Waals surface area contributed by atoms with E-state index in [0.717, 1.165) is 5.56 Å². The number of amides is 2. The lowest BCUT2D eigenvalue weighted by atomic mass is 10.2. The van der Waals surface area contributed by atoms with Gasteiger partial charge in [-0.1, -0.05) is 35.5 Å². The Labute approximate surface area is 122 Å². The van der Waals surface area contributed by atoms with E-state index in [1.54, 1.807) is 13.0 Å². The molecule has 2 rings (SSSR count). The summed E-state index contributed by atoms with van der Waals surface area (Å²) in [5.41, 5.74) is 6.76. The Morgan fingerprint density at radius 1 is 1.29 bits per heavy atom. The second-order valence-electron chi connectivity index (χ2n) is 4.76. The van der Waals surface area contributed by atoms with Crippen molar-refractivity contribution in [2.75, 3.05) is 6.54 Å². The van der Waals surface area contributed by atoms with Gasteiger partial charge in [0.2, 0.25) is 11.7 Å². The minimum Gasteiger partial charge on any atom is -0.370 e. The van der Waals surface area contributed by atoms with Crippen molar-refractivity contribution in [2.24, 2.45) is 5.73 Å². The fourth-order valence-corrected chi connectivity index (χ4v) is 1.92. The standard InChI is InChI=1S/C15H17N3O3/c1-11-9-13(21-17-11)15(20)18(8-7-14(16)19)10-12-5-3-2-4-6-12/h2-6,9H,7-8,10H2,1H3,(H2,16,19). The summed E-state index contributed by atoms with van der Waals surface area (Å²) in [6.07, 6.45) is 0.103. The molecule has 1 aromatic heterocycles. The number of benzene rings is 1. The molecule has 0 saturated carbocycles. The molecule has 21 heavy (non-hydrogen) atoms. The van der Waals surface area contributed by atoms with E-state index < -0.39 is 5.91 Å². The molecule has 0 saturated heterocycles. The highest BCUT2D eigenvalue weighted by Crippen LogP contribution is 2.11. The number of rotatable bonds is 6. The van der Waals surface area contributed by atoms with Crippen molar-refractivity contribution >= 4 is 11.8 Å². The van der Waals surface area contributed by atoms with Crippen LogP contribution < -0.4 is 5.73 Å². The highest BCUT2D eigenvalue weighted by molar-refractivity contribution is 5.91. The molecule has 110 valence electrons. The largest absolute Gasteiger partial charge is 0.370 e. The third-order valence-electron chi connectivity index (χ3n) is 2.97. The normalized spacial score (nSPS) is 10.3. The fourth-order valence-electron chi connectivity index (χ4n) is 1.92. The van der Waals surface area contributed by atoms with E-state index in [1.165, 1.54) is 4.90 Å². The summed E-state index contributed by atoms with van der Waals surface area (Å²) in [4.78, 5) is 24.9. The van der Waals surface area contributed by atoms with Gasteiger partial charge in [0.15, 0.2) is 0 Å². The molecule has 2 aromatic rings. The predicted octanol–water partition coefficient (Wildman–Crippen LogP) is 1.50. The number of primary amides is 1. The molecule has 1 aromatic carbocycles. The summed E-state index contributed by atoms with van der Waals surface area (Å²) in [6, 6.07) is 11.1. The first-order chi connectivity index (χ1) is 10.1. The van der Waals surface area contributed by atoms with Crippen molar-refractivity contribution in [3.05, 3.63) is 53.4 Å². The number of aryl methyl sites for hydroxylation is 1. The lowest BCUT2D eigenvalue weighted by Crippen LogP contribution is -2.33. The minimum absolute atomic E-state index is 0.103. The van der Waals surface area contributed by atoms with E-state index >= 15 is 0 Å². The van der Waals surface area contributed by atoms with Gasteiger partial charge < -0.3 is 15.2 Å². The third-order valence-corrected chi connectivity index (χ3v) is 2.97. The summed E-state index contributed by atoms with van der Waals surface area (Å²) >= 11 is 0. The van der Waals surface area contributed by atoms with Gasteiger partial charge in [-0.25, -0.2) is 0 Å². The Balaban J connectivity index is 2.14. The van der Waals surface area contributed by atoms with Crippen molar-refractivity contribution in [1.29, 1.82) is 0 Å². The summed E-state index contributed by atoms with van der Waals surface area (Å²) in [7, 11) is 0. The maximum atomic E-state index is 12.4. The molecule has 0 bridgehead atoms. The SMILES string of the molecule is Cc1cc(C(=O)N(CCC(N)=O)Cc2ccccc2)on1. The van der Waals surface area contributed by atoms with E-state index in [-0.39, 0.29) is 24.6 Å². The summed E-state index contributed by atoms with van der Waals surface area (Å²) in [5.74, 6) is -0.594. The molecule has 0 atom stereocenters. The zero-order valence-electron chi connectivity index (χ0n) is 11.8. The van der Waals surface area contributed by atoms with E-state index in [2.05, 4.69) is 5.16 Å². The van der Waals surface area contributed by atoms with E-state index in [0.29, 0.717) is 12.2 Å². The Morgan fingerprint density at radius 2 is 2.00 bits per heavy atom. The van der Waals surface area contributed by atoms with Crippen LogP contribution in [0.5, 0.6) is 0 Å². The third kappa shape index (κ3) is 4.17. The van der Waals surface area contributed by atoms with Crippen molar-refractivity contribution in [3.8, 4) is 0 Å². The number of aromatic nitrogens is 1.